The highest BCUT2D eigenvalue weighted by Gasteiger charge is 2.33. The predicted molar refractivity (Wildman–Crippen MR) is 122 cm³/mol. The highest BCUT2D eigenvalue weighted by molar-refractivity contribution is 7.10. The van der Waals surface area contributed by atoms with E-state index in [9.17, 15) is 9.90 Å². The fourth-order valence-corrected chi connectivity index (χ4v) is 5.14. The van der Waals surface area contributed by atoms with Crippen molar-refractivity contribution >= 4 is 17.2 Å². The van der Waals surface area contributed by atoms with Gasteiger partial charge in [-0.25, -0.2) is 0 Å². The summed E-state index contributed by atoms with van der Waals surface area (Å²) in [6.07, 6.45) is 1.40. The van der Waals surface area contributed by atoms with Crippen LogP contribution in [0.2, 0.25) is 0 Å². The van der Waals surface area contributed by atoms with Crippen molar-refractivity contribution in [3.63, 3.8) is 0 Å². The molecule has 0 spiro atoms. The number of carbonyl (C=O) groups is 1. The summed E-state index contributed by atoms with van der Waals surface area (Å²) in [5.74, 6) is 0.979. The van der Waals surface area contributed by atoms with Crippen molar-refractivity contribution in [3.05, 3.63) is 51.2 Å². The number of aliphatic hydroxyl groups excluding tert-OH is 1. The van der Waals surface area contributed by atoms with Crippen LogP contribution in [0.3, 0.4) is 0 Å². The van der Waals surface area contributed by atoms with Gasteiger partial charge in [0, 0.05) is 18.0 Å². The summed E-state index contributed by atoms with van der Waals surface area (Å²) in [6.45, 7) is 10.8. The Hall–Kier alpha value is -1.89. The van der Waals surface area contributed by atoms with Crippen molar-refractivity contribution in [2.75, 3.05) is 32.8 Å². The normalized spacial score (nSPS) is 17.1. The molecule has 0 unspecified atom stereocenters. The van der Waals surface area contributed by atoms with E-state index in [2.05, 4.69) is 49.3 Å². The van der Waals surface area contributed by atoms with Crippen LogP contribution in [0.15, 0.2) is 29.6 Å². The van der Waals surface area contributed by atoms with Crippen LogP contribution >= 0.6 is 11.3 Å². The highest BCUT2D eigenvalue weighted by Crippen LogP contribution is 2.34. The Morgan fingerprint density at radius 1 is 1.37 bits per heavy atom. The standard InChI is InChI=1S/C24H34N2O3S/c1-5-10-25(14-19(4)27)15-24(28)26-11-8-23-20(9-12-30-23)21(26)16-29-22-7-6-17(2)13-18(22)3/h6-7,9,12-13,19,21,27H,5,8,10-11,14-16H2,1-4H3/t19-,21-/m1/s1. The topological polar surface area (TPSA) is 53.0 Å². The first-order valence-electron chi connectivity index (χ1n) is 10.8. The Kier molecular flexibility index (Phi) is 7.92. The third-order valence-electron chi connectivity index (χ3n) is 5.56. The molecule has 1 aromatic heterocycles. The zero-order chi connectivity index (χ0) is 21.7. The summed E-state index contributed by atoms with van der Waals surface area (Å²) < 4.78 is 6.21. The molecule has 3 rings (SSSR count). The van der Waals surface area contributed by atoms with E-state index in [-0.39, 0.29) is 11.9 Å². The van der Waals surface area contributed by atoms with Crippen LogP contribution in [0.1, 0.15) is 47.9 Å². The van der Waals surface area contributed by atoms with E-state index in [0.29, 0.717) is 26.2 Å². The molecule has 1 aromatic carbocycles. The van der Waals surface area contributed by atoms with E-state index < -0.39 is 6.10 Å². The number of aliphatic hydroxyl groups is 1. The van der Waals surface area contributed by atoms with Crippen LogP contribution in [0.4, 0.5) is 0 Å². The molecular formula is C24H34N2O3S. The lowest BCUT2D eigenvalue weighted by molar-refractivity contribution is -0.136. The van der Waals surface area contributed by atoms with Gasteiger partial charge in [0.15, 0.2) is 0 Å². The second-order valence-corrected chi connectivity index (χ2v) is 9.32. The minimum Gasteiger partial charge on any atom is -0.491 e. The lowest BCUT2D eigenvalue weighted by Gasteiger charge is -2.37. The lowest BCUT2D eigenvalue weighted by Crippen LogP contribution is -2.47. The Balaban J connectivity index is 1.75. The molecule has 1 amide bonds. The Morgan fingerprint density at radius 2 is 2.17 bits per heavy atom. The molecule has 30 heavy (non-hydrogen) atoms. The number of thiophene rings is 1. The van der Waals surface area contributed by atoms with Crippen LogP contribution in [-0.4, -0.2) is 59.7 Å². The van der Waals surface area contributed by atoms with Gasteiger partial charge in [0.1, 0.15) is 12.4 Å². The van der Waals surface area contributed by atoms with E-state index in [0.717, 1.165) is 30.7 Å². The second-order valence-electron chi connectivity index (χ2n) is 8.32. The quantitative estimate of drug-likeness (QED) is 0.654. The minimum atomic E-state index is -0.446. The number of ether oxygens (including phenoxy) is 1. The van der Waals surface area contributed by atoms with Gasteiger partial charge in [-0.15, -0.1) is 11.3 Å². The average Bonchev–Trinajstić information content (AvgIpc) is 3.15. The number of hydrogen-bond donors (Lipinski definition) is 1. The van der Waals surface area contributed by atoms with E-state index in [1.807, 2.05) is 11.0 Å². The zero-order valence-corrected chi connectivity index (χ0v) is 19.4. The molecule has 5 nitrogen and oxygen atoms in total. The summed E-state index contributed by atoms with van der Waals surface area (Å²) in [5.41, 5.74) is 3.53. The molecule has 0 bridgehead atoms. The maximum absolute atomic E-state index is 13.3. The third kappa shape index (κ3) is 5.62. The van der Waals surface area contributed by atoms with Crippen LogP contribution in [-0.2, 0) is 11.2 Å². The first-order valence-corrected chi connectivity index (χ1v) is 11.7. The highest BCUT2D eigenvalue weighted by atomic mass is 32.1. The maximum atomic E-state index is 13.3. The van der Waals surface area contributed by atoms with Gasteiger partial charge in [0.05, 0.1) is 18.7 Å². The van der Waals surface area contributed by atoms with Crippen LogP contribution in [0.5, 0.6) is 5.75 Å². The van der Waals surface area contributed by atoms with Crippen molar-refractivity contribution in [2.45, 2.75) is 52.7 Å². The first kappa shape index (κ1) is 22.8. The summed E-state index contributed by atoms with van der Waals surface area (Å²) in [5, 5.41) is 11.9. The number of benzene rings is 1. The van der Waals surface area contributed by atoms with Crippen LogP contribution in [0, 0.1) is 13.8 Å². The number of amides is 1. The van der Waals surface area contributed by atoms with Gasteiger partial charge >= 0.3 is 0 Å². The number of hydrogen-bond acceptors (Lipinski definition) is 5. The monoisotopic (exact) mass is 430 g/mol. The van der Waals surface area contributed by atoms with Gasteiger partial charge in [-0.3, -0.25) is 9.69 Å². The summed E-state index contributed by atoms with van der Waals surface area (Å²) in [7, 11) is 0. The number of nitrogens with zero attached hydrogens (tertiary/aromatic N) is 2. The van der Waals surface area contributed by atoms with Gasteiger partial charge in [-0.2, -0.15) is 0 Å². The van der Waals surface area contributed by atoms with Crippen LogP contribution < -0.4 is 4.74 Å². The summed E-state index contributed by atoms with van der Waals surface area (Å²) in [6, 6.07) is 8.24. The van der Waals surface area contributed by atoms with Gasteiger partial charge < -0.3 is 14.7 Å². The van der Waals surface area contributed by atoms with Crippen molar-refractivity contribution < 1.29 is 14.6 Å². The molecule has 164 valence electrons. The summed E-state index contributed by atoms with van der Waals surface area (Å²) in [4.78, 5) is 18.7. The van der Waals surface area contributed by atoms with Gasteiger partial charge in [0.25, 0.3) is 0 Å². The molecule has 0 saturated heterocycles. The van der Waals surface area contributed by atoms with E-state index >= 15 is 0 Å². The number of aryl methyl sites for hydroxylation is 2. The zero-order valence-electron chi connectivity index (χ0n) is 18.6. The Labute approximate surface area is 184 Å². The molecule has 1 N–H and O–H groups in total. The fraction of sp³-hybridized carbons (Fsp3) is 0.542. The van der Waals surface area contributed by atoms with E-state index in [1.54, 1.807) is 18.3 Å². The largest absolute Gasteiger partial charge is 0.491 e. The molecule has 2 atom stereocenters. The number of fused-ring (bicyclic) bond motifs is 1. The van der Waals surface area contributed by atoms with Crippen molar-refractivity contribution in [2.24, 2.45) is 0 Å². The molecule has 0 radical (unpaired) electrons. The molecule has 1 aliphatic rings. The molecular weight excluding hydrogens is 396 g/mol. The minimum absolute atomic E-state index is 0.0803. The SMILES string of the molecule is CCCN(CC(=O)N1CCc2sccc2[C@H]1COc1ccc(C)cc1C)C[C@@H](C)O. The first-order chi connectivity index (χ1) is 14.4. The molecule has 2 heterocycles. The lowest BCUT2D eigenvalue weighted by atomic mass is 10.00. The molecule has 0 fully saturated rings. The maximum Gasteiger partial charge on any atom is 0.237 e. The third-order valence-corrected chi connectivity index (χ3v) is 6.56. The van der Waals surface area contributed by atoms with Gasteiger partial charge in [-0.1, -0.05) is 24.6 Å². The Bertz CT molecular complexity index is 849. The smallest absolute Gasteiger partial charge is 0.237 e. The molecule has 6 heteroatoms. The molecule has 0 saturated carbocycles. The number of carbonyl (C=O) groups excluding carboxylic acids is 1. The predicted octanol–water partition coefficient (Wildman–Crippen LogP) is 3.96. The van der Waals surface area contributed by atoms with Crippen molar-refractivity contribution in [1.82, 2.24) is 9.80 Å². The fourth-order valence-electron chi connectivity index (χ4n) is 4.21. The van der Waals surface area contributed by atoms with Gasteiger partial charge in [0.2, 0.25) is 5.91 Å². The van der Waals surface area contributed by atoms with E-state index in [1.165, 1.54) is 16.0 Å². The molecule has 0 aliphatic carbocycles. The second kappa shape index (κ2) is 10.4. The number of rotatable bonds is 9. The van der Waals surface area contributed by atoms with Gasteiger partial charge in [-0.05, 0) is 68.8 Å². The average molecular weight is 431 g/mol. The summed E-state index contributed by atoms with van der Waals surface area (Å²) >= 11 is 1.76. The van der Waals surface area contributed by atoms with Crippen molar-refractivity contribution in [3.8, 4) is 5.75 Å². The van der Waals surface area contributed by atoms with E-state index in [4.69, 9.17) is 4.74 Å². The van der Waals surface area contributed by atoms with Crippen molar-refractivity contribution in [1.29, 1.82) is 0 Å². The van der Waals surface area contributed by atoms with Crippen LogP contribution in [0.25, 0.3) is 0 Å². The molecule has 1 aliphatic heterocycles. The Morgan fingerprint density at radius 3 is 2.87 bits per heavy atom. The molecule has 2 aromatic rings.